The molecule has 0 unspecified atom stereocenters. The van der Waals surface area contributed by atoms with Crippen LogP contribution in [0.5, 0.6) is 0 Å². The van der Waals surface area contributed by atoms with Crippen molar-refractivity contribution in [1.29, 1.82) is 0 Å². The Labute approximate surface area is 201 Å². The number of carboxylic acids is 1. The van der Waals surface area contributed by atoms with Crippen LogP contribution in [-0.2, 0) is 16.1 Å². The van der Waals surface area contributed by atoms with Crippen LogP contribution in [-0.4, -0.2) is 52.7 Å². The standard InChI is InChI=1S/C26H25N3O6/c1-15-11-29(12-20(15)25(31)32)24(30)23-22(35-14-28-23)10-27-26(33)34-13-21-18-8-4-2-6-16(18)17-7-3-5-9-19(17)21/h2-9,14-15,20-21H,10-13H2,1H3,(H,27,33)(H,31,32)/t15-,20-/m1/s1. The normalized spacial score (nSPS) is 18.7. The summed E-state index contributed by atoms with van der Waals surface area (Å²) in [5, 5.41) is 11.9. The number of nitrogens with zero attached hydrogens (tertiary/aromatic N) is 2. The van der Waals surface area contributed by atoms with Crippen LogP contribution >= 0.6 is 0 Å². The average Bonchev–Trinajstić information content (AvgIpc) is 3.57. The van der Waals surface area contributed by atoms with E-state index < -0.39 is 23.9 Å². The second-order valence-corrected chi connectivity index (χ2v) is 8.94. The number of fused-ring (bicyclic) bond motifs is 3. The molecule has 9 heteroatoms. The number of alkyl carbamates (subject to hydrolysis) is 1. The predicted octanol–water partition coefficient (Wildman–Crippen LogP) is 3.51. The number of carboxylic acid groups (broad SMARTS) is 1. The molecule has 1 aromatic heterocycles. The molecule has 0 radical (unpaired) electrons. The number of amides is 2. The van der Waals surface area contributed by atoms with Crippen LogP contribution in [0.4, 0.5) is 4.79 Å². The van der Waals surface area contributed by atoms with Gasteiger partial charge in [0.15, 0.2) is 17.8 Å². The van der Waals surface area contributed by atoms with Gasteiger partial charge in [0.1, 0.15) is 6.61 Å². The van der Waals surface area contributed by atoms with Crippen LogP contribution < -0.4 is 5.32 Å². The van der Waals surface area contributed by atoms with E-state index in [1.165, 1.54) is 4.90 Å². The first-order chi connectivity index (χ1) is 16.9. The highest BCUT2D eigenvalue weighted by Crippen LogP contribution is 2.44. The second-order valence-electron chi connectivity index (χ2n) is 8.94. The van der Waals surface area contributed by atoms with Crippen molar-refractivity contribution in [2.24, 2.45) is 11.8 Å². The number of benzene rings is 2. The van der Waals surface area contributed by atoms with E-state index in [1.54, 1.807) is 6.92 Å². The number of nitrogens with one attached hydrogen (secondary N) is 1. The summed E-state index contributed by atoms with van der Waals surface area (Å²) in [5.41, 5.74) is 4.57. The van der Waals surface area contributed by atoms with Crippen molar-refractivity contribution >= 4 is 18.0 Å². The summed E-state index contributed by atoms with van der Waals surface area (Å²) >= 11 is 0. The molecule has 9 nitrogen and oxygen atoms in total. The molecule has 1 fully saturated rings. The van der Waals surface area contributed by atoms with Crippen LogP contribution in [0.1, 0.15) is 40.2 Å². The minimum absolute atomic E-state index is 0.0576. The molecule has 2 amide bonds. The van der Waals surface area contributed by atoms with Gasteiger partial charge in [-0.05, 0) is 28.2 Å². The van der Waals surface area contributed by atoms with E-state index >= 15 is 0 Å². The summed E-state index contributed by atoms with van der Waals surface area (Å²) in [6, 6.07) is 16.1. The third-order valence-electron chi connectivity index (χ3n) is 6.80. The SMILES string of the molecule is C[C@@H]1CN(C(=O)c2ncoc2CNC(=O)OCC2c3ccccc3-c3ccccc32)C[C@H]1C(=O)O. The summed E-state index contributed by atoms with van der Waals surface area (Å²) in [7, 11) is 0. The monoisotopic (exact) mass is 475 g/mol. The number of hydrogen-bond donors (Lipinski definition) is 2. The van der Waals surface area contributed by atoms with E-state index in [2.05, 4.69) is 22.4 Å². The molecular formula is C26H25N3O6. The number of ether oxygens (including phenoxy) is 1. The lowest BCUT2D eigenvalue weighted by molar-refractivity contribution is -0.142. The number of carbonyl (C=O) groups is 3. The molecule has 1 saturated heterocycles. The second kappa shape index (κ2) is 9.25. The maximum Gasteiger partial charge on any atom is 0.407 e. The third-order valence-corrected chi connectivity index (χ3v) is 6.80. The maximum atomic E-state index is 12.9. The van der Waals surface area contributed by atoms with Gasteiger partial charge in [-0.3, -0.25) is 9.59 Å². The first-order valence-corrected chi connectivity index (χ1v) is 11.5. The van der Waals surface area contributed by atoms with Gasteiger partial charge in [0.05, 0.1) is 12.5 Å². The molecule has 2 aliphatic rings. The zero-order valence-corrected chi connectivity index (χ0v) is 19.1. The van der Waals surface area contributed by atoms with Gasteiger partial charge in [-0.25, -0.2) is 9.78 Å². The van der Waals surface area contributed by atoms with Crippen molar-refractivity contribution in [1.82, 2.24) is 15.2 Å². The molecule has 180 valence electrons. The van der Waals surface area contributed by atoms with E-state index in [9.17, 15) is 19.5 Å². The largest absolute Gasteiger partial charge is 0.481 e. The van der Waals surface area contributed by atoms with Crippen LogP contribution in [0.25, 0.3) is 11.1 Å². The first-order valence-electron chi connectivity index (χ1n) is 11.5. The van der Waals surface area contributed by atoms with Gasteiger partial charge in [0.25, 0.3) is 5.91 Å². The van der Waals surface area contributed by atoms with Crippen molar-refractivity contribution in [3.8, 4) is 11.1 Å². The van der Waals surface area contributed by atoms with Crippen molar-refractivity contribution in [3.63, 3.8) is 0 Å². The smallest absolute Gasteiger partial charge is 0.407 e. The molecule has 0 saturated carbocycles. The summed E-state index contributed by atoms with van der Waals surface area (Å²) in [6.07, 6.45) is 0.498. The molecule has 1 aliphatic carbocycles. The van der Waals surface area contributed by atoms with Gasteiger partial charge in [-0.15, -0.1) is 0 Å². The van der Waals surface area contributed by atoms with E-state index in [4.69, 9.17) is 9.15 Å². The Kier molecular flexibility index (Phi) is 5.98. The van der Waals surface area contributed by atoms with E-state index in [0.717, 1.165) is 28.6 Å². The molecule has 3 aromatic rings. The van der Waals surface area contributed by atoms with E-state index in [1.807, 2.05) is 36.4 Å². The lowest BCUT2D eigenvalue weighted by atomic mass is 9.98. The highest BCUT2D eigenvalue weighted by atomic mass is 16.5. The van der Waals surface area contributed by atoms with Gasteiger partial charge >= 0.3 is 12.1 Å². The molecule has 2 N–H and O–H groups in total. The summed E-state index contributed by atoms with van der Waals surface area (Å²) in [5.74, 6) is -1.99. The number of carbonyl (C=O) groups excluding carboxylic acids is 2. The fourth-order valence-corrected chi connectivity index (χ4v) is 4.98. The summed E-state index contributed by atoms with van der Waals surface area (Å²) in [6.45, 7) is 2.33. The number of rotatable bonds is 6. The van der Waals surface area contributed by atoms with Crippen LogP contribution in [0, 0.1) is 11.8 Å². The maximum absolute atomic E-state index is 12.9. The molecule has 5 rings (SSSR count). The first kappa shape index (κ1) is 22.6. The Morgan fingerprint density at radius 1 is 1.09 bits per heavy atom. The van der Waals surface area contributed by atoms with Gasteiger partial charge in [0.2, 0.25) is 0 Å². The molecule has 2 atom stereocenters. The van der Waals surface area contributed by atoms with Gasteiger partial charge in [0, 0.05) is 19.0 Å². The lowest BCUT2D eigenvalue weighted by Crippen LogP contribution is -2.32. The Morgan fingerprint density at radius 3 is 2.37 bits per heavy atom. The molecule has 35 heavy (non-hydrogen) atoms. The molecule has 2 heterocycles. The fourth-order valence-electron chi connectivity index (χ4n) is 4.98. The van der Waals surface area contributed by atoms with Crippen molar-refractivity contribution in [2.75, 3.05) is 19.7 Å². The number of hydrogen-bond acceptors (Lipinski definition) is 6. The number of aromatic nitrogens is 1. The molecule has 0 bridgehead atoms. The third kappa shape index (κ3) is 4.25. The van der Waals surface area contributed by atoms with Crippen molar-refractivity contribution < 1.29 is 28.6 Å². The van der Waals surface area contributed by atoms with Gasteiger partial charge < -0.3 is 24.5 Å². The van der Waals surface area contributed by atoms with E-state index in [0.29, 0.717) is 6.54 Å². The zero-order valence-electron chi connectivity index (χ0n) is 19.1. The number of aliphatic carboxylic acids is 1. The van der Waals surface area contributed by atoms with Crippen LogP contribution in [0.2, 0.25) is 0 Å². The highest BCUT2D eigenvalue weighted by molar-refractivity contribution is 5.94. The Hall–Kier alpha value is -4.14. The highest BCUT2D eigenvalue weighted by Gasteiger charge is 2.38. The fraction of sp³-hybridized carbons (Fsp3) is 0.308. The predicted molar refractivity (Wildman–Crippen MR) is 125 cm³/mol. The van der Waals surface area contributed by atoms with Crippen LogP contribution in [0.15, 0.2) is 59.3 Å². The number of oxazole rings is 1. The van der Waals surface area contributed by atoms with Gasteiger partial charge in [-0.1, -0.05) is 55.5 Å². The topological polar surface area (TPSA) is 122 Å². The van der Waals surface area contributed by atoms with Gasteiger partial charge in [-0.2, -0.15) is 0 Å². The van der Waals surface area contributed by atoms with Crippen molar-refractivity contribution in [3.05, 3.63) is 77.5 Å². The minimum Gasteiger partial charge on any atom is -0.481 e. The minimum atomic E-state index is -0.926. The lowest BCUT2D eigenvalue weighted by Gasteiger charge is -2.15. The molecule has 1 aliphatic heterocycles. The Balaban J connectivity index is 1.19. The van der Waals surface area contributed by atoms with E-state index in [-0.39, 0.29) is 43.0 Å². The van der Waals surface area contributed by atoms with Crippen LogP contribution in [0.3, 0.4) is 0 Å². The summed E-state index contributed by atoms with van der Waals surface area (Å²) < 4.78 is 10.8. The van der Waals surface area contributed by atoms with Crippen molar-refractivity contribution in [2.45, 2.75) is 19.4 Å². The number of likely N-dealkylation sites (tertiary alicyclic amines) is 1. The molecule has 0 spiro atoms. The average molecular weight is 476 g/mol. The quantitative estimate of drug-likeness (QED) is 0.559. The summed E-state index contributed by atoms with van der Waals surface area (Å²) in [4.78, 5) is 42.2. The Bertz CT molecular complexity index is 1240. The molecule has 2 aromatic carbocycles. The Morgan fingerprint density at radius 2 is 1.74 bits per heavy atom. The zero-order chi connectivity index (χ0) is 24.5. The molecular weight excluding hydrogens is 450 g/mol.